The molecule has 15 heavy (non-hydrogen) atoms. The number of halogens is 1. The molecule has 1 aromatic rings. The average molecular weight is 274 g/mol. The highest BCUT2D eigenvalue weighted by molar-refractivity contribution is 9.10. The monoisotopic (exact) mass is 273 g/mol. The molecule has 82 valence electrons. The molecule has 0 fully saturated rings. The van der Waals surface area contributed by atoms with E-state index in [2.05, 4.69) is 15.9 Å². The number of rotatable bonds is 2. The fourth-order valence-corrected chi connectivity index (χ4v) is 1.77. The van der Waals surface area contributed by atoms with Crippen molar-refractivity contribution in [1.29, 1.82) is 0 Å². The quantitative estimate of drug-likeness (QED) is 0.492. The summed E-state index contributed by atoms with van der Waals surface area (Å²) in [5.41, 5.74) is 6.46. The number of phenolic OH excluding ortho intramolecular Hbond substituents is 1. The largest absolute Gasteiger partial charge is 0.505 e. The second kappa shape index (κ2) is 4.53. The van der Waals surface area contributed by atoms with Crippen molar-refractivity contribution in [3.63, 3.8) is 0 Å². The Hall–Kier alpha value is -1.23. The lowest BCUT2D eigenvalue weighted by Gasteiger charge is -2.10. The fraction of sp³-hybridized carbons (Fsp3) is 0.300. The van der Waals surface area contributed by atoms with Crippen molar-refractivity contribution in [2.24, 2.45) is 0 Å². The fourth-order valence-electron chi connectivity index (χ4n) is 1.24. The zero-order chi connectivity index (χ0) is 11.6. The molecule has 0 aliphatic carbocycles. The molecule has 0 heterocycles. The number of nitrogens with two attached hydrogens (primary N) is 1. The summed E-state index contributed by atoms with van der Waals surface area (Å²) in [5.74, 6) is -0.799. The van der Waals surface area contributed by atoms with E-state index in [0.717, 1.165) is 0 Å². The van der Waals surface area contributed by atoms with Gasteiger partial charge < -0.3 is 15.6 Å². The number of carbonyl (C=O) groups is 1. The van der Waals surface area contributed by atoms with Crippen molar-refractivity contribution in [1.82, 2.24) is 0 Å². The molecule has 4 nitrogen and oxygen atoms in total. The van der Waals surface area contributed by atoms with Gasteiger partial charge in [0.05, 0.1) is 12.3 Å². The van der Waals surface area contributed by atoms with Crippen LogP contribution in [0.3, 0.4) is 0 Å². The van der Waals surface area contributed by atoms with Crippen LogP contribution in [0.5, 0.6) is 5.75 Å². The van der Waals surface area contributed by atoms with E-state index >= 15 is 0 Å². The van der Waals surface area contributed by atoms with Gasteiger partial charge in [-0.25, -0.2) is 4.79 Å². The average Bonchev–Trinajstić information content (AvgIpc) is 2.15. The molecule has 0 aliphatic rings. The molecule has 0 atom stereocenters. The second-order valence-corrected chi connectivity index (χ2v) is 3.89. The highest BCUT2D eigenvalue weighted by Crippen LogP contribution is 2.35. The molecular formula is C10H12BrNO3. The van der Waals surface area contributed by atoms with Crippen LogP contribution in [0, 0.1) is 6.92 Å². The Morgan fingerprint density at radius 2 is 2.27 bits per heavy atom. The van der Waals surface area contributed by atoms with E-state index in [-0.39, 0.29) is 23.6 Å². The topological polar surface area (TPSA) is 72.5 Å². The lowest BCUT2D eigenvalue weighted by Crippen LogP contribution is -2.08. The van der Waals surface area contributed by atoms with Crippen LogP contribution in [0.1, 0.15) is 22.8 Å². The summed E-state index contributed by atoms with van der Waals surface area (Å²) in [6, 6.07) is 1.67. The van der Waals surface area contributed by atoms with E-state index in [1.54, 1.807) is 19.9 Å². The van der Waals surface area contributed by atoms with Gasteiger partial charge in [0.1, 0.15) is 5.56 Å². The summed E-state index contributed by atoms with van der Waals surface area (Å²) in [6.07, 6.45) is 0. The predicted molar refractivity (Wildman–Crippen MR) is 60.9 cm³/mol. The molecule has 3 N–H and O–H groups in total. The minimum absolute atomic E-state index is 0.123. The van der Waals surface area contributed by atoms with Crippen LogP contribution in [0.2, 0.25) is 0 Å². The van der Waals surface area contributed by atoms with Crippen LogP contribution in [0.25, 0.3) is 0 Å². The van der Waals surface area contributed by atoms with E-state index in [1.807, 2.05) is 0 Å². The Kier molecular flexibility index (Phi) is 3.57. The van der Waals surface area contributed by atoms with Gasteiger partial charge >= 0.3 is 5.97 Å². The Morgan fingerprint density at radius 3 is 2.80 bits per heavy atom. The first-order valence-electron chi connectivity index (χ1n) is 4.43. The van der Waals surface area contributed by atoms with Crippen LogP contribution in [-0.4, -0.2) is 17.7 Å². The van der Waals surface area contributed by atoms with Gasteiger partial charge in [-0.1, -0.05) is 0 Å². The number of ether oxygens (including phenoxy) is 1. The molecule has 0 radical (unpaired) electrons. The number of hydrogen-bond acceptors (Lipinski definition) is 4. The van der Waals surface area contributed by atoms with Crippen molar-refractivity contribution in [2.75, 3.05) is 12.3 Å². The summed E-state index contributed by atoms with van der Waals surface area (Å²) < 4.78 is 5.38. The molecule has 0 aliphatic heterocycles. The van der Waals surface area contributed by atoms with Crippen molar-refractivity contribution < 1.29 is 14.6 Å². The minimum Gasteiger partial charge on any atom is -0.505 e. The maximum atomic E-state index is 11.5. The zero-order valence-corrected chi connectivity index (χ0v) is 10.1. The molecule has 0 saturated heterocycles. The first-order chi connectivity index (χ1) is 6.99. The summed E-state index contributed by atoms with van der Waals surface area (Å²) in [7, 11) is 0. The minimum atomic E-state index is -0.563. The third-order valence-electron chi connectivity index (χ3n) is 1.97. The van der Waals surface area contributed by atoms with Gasteiger partial charge in [0, 0.05) is 4.47 Å². The number of aromatic hydroxyl groups is 1. The highest BCUT2D eigenvalue weighted by atomic mass is 79.9. The van der Waals surface area contributed by atoms with Gasteiger partial charge in [-0.3, -0.25) is 0 Å². The lowest BCUT2D eigenvalue weighted by molar-refractivity contribution is 0.0522. The van der Waals surface area contributed by atoms with E-state index < -0.39 is 5.97 Å². The summed E-state index contributed by atoms with van der Waals surface area (Å²) in [6.45, 7) is 3.66. The molecule has 5 heteroatoms. The standard InChI is InChI=1S/C10H12BrNO3/c1-3-15-10(14)7-5(2)4-6(11)8(12)9(7)13/h4,13H,3,12H2,1-2H3. The number of nitrogen functional groups attached to an aromatic ring is 1. The number of hydrogen-bond donors (Lipinski definition) is 2. The Morgan fingerprint density at radius 1 is 1.67 bits per heavy atom. The molecule has 0 spiro atoms. The summed E-state index contributed by atoms with van der Waals surface area (Å²) >= 11 is 3.18. The van der Waals surface area contributed by atoms with Gasteiger partial charge in [-0.15, -0.1) is 0 Å². The maximum Gasteiger partial charge on any atom is 0.342 e. The zero-order valence-electron chi connectivity index (χ0n) is 8.50. The third-order valence-corrected chi connectivity index (χ3v) is 2.62. The normalized spacial score (nSPS) is 10.1. The van der Waals surface area contributed by atoms with Crippen molar-refractivity contribution in [3.8, 4) is 5.75 Å². The molecule has 1 rings (SSSR count). The molecule has 0 unspecified atom stereocenters. The van der Waals surface area contributed by atoms with Crippen LogP contribution >= 0.6 is 15.9 Å². The second-order valence-electron chi connectivity index (χ2n) is 3.03. The van der Waals surface area contributed by atoms with Crippen LogP contribution < -0.4 is 5.73 Å². The Bertz CT molecular complexity index is 404. The first kappa shape index (κ1) is 11.8. The van der Waals surface area contributed by atoms with Gasteiger partial charge in [-0.2, -0.15) is 0 Å². The van der Waals surface area contributed by atoms with Crippen molar-refractivity contribution in [2.45, 2.75) is 13.8 Å². The molecular weight excluding hydrogens is 262 g/mol. The molecule has 0 amide bonds. The summed E-state index contributed by atoms with van der Waals surface area (Å²) in [4.78, 5) is 11.5. The molecule has 1 aromatic carbocycles. The Labute approximate surface area is 96.2 Å². The van der Waals surface area contributed by atoms with Crippen LogP contribution in [0.4, 0.5) is 5.69 Å². The highest BCUT2D eigenvalue weighted by Gasteiger charge is 2.19. The van der Waals surface area contributed by atoms with Gasteiger partial charge in [0.25, 0.3) is 0 Å². The van der Waals surface area contributed by atoms with E-state index in [0.29, 0.717) is 10.0 Å². The number of phenols is 1. The van der Waals surface area contributed by atoms with Gasteiger partial charge in [-0.05, 0) is 41.4 Å². The number of aryl methyl sites for hydroxylation is 1. The number of benzene rings is 1. The first-order valence-corrected chi connectivity index (χ1v) is 5.23. The van der Waals surface area contributed by atoms with Gasteiger partial charge in [0.2, 0.25) is 0 Å². The number of anilines is 1. The molecule has 0 aromatic heterocycles. The molecule has 0 saturated carbocycles. The number of carbonyl (C=O) groups excluding carboxylic acids is 1. The molecule has 0 bridgehead atoms. The van der Waals surface area contributed by atoms with E-state index in [9.17, 15) is 9.90 Å². The smallest absolute Gasteiger partial charge is 0.342 e. The van der Waals surface area contributed by atoms with E-state index in [4.69, 9.17) is 10.5 Å². The third kappa shape index (κ3) is 2.23. The maximum absolute atomic E-state index is 11.5. The SMILES string of the molecule is CCOC(=O)c1c(C)cc(Br)c(N)c1O. The van der Waals surface area contributed by atoms with Gasteiger partial charge in [0.15, 0.2) is 5.75 Å². The predicted octanol–water partition coefficient (Wildman–Crippen LogP) is 2.22. The lowest BCUT2D eigenvalue weighted by atomic mass is 10.1. The Balaban J connectivity index is 3.29. The van der Waals surface area contributed by atoms with Crippen LogP contribution in [0.15, 0.2) is 10.5 Å². The summed E-state index contributed by atoms with van der Waals surface area (Å²) in [5, 5.41) is 9.70. The van der Waals surface area contributed by atoms with E-state index in [1.165, 1.54) is 0 Å². The van der Waals surface area contributed by atoms with Crippen LogP contribution in [-0.2, 0) is 4.74 Å². The number of esters is 1. The van der Waals surface area contributed by atoms with Crippen molar-refractivity contribution in [3.05, 3.63) is 21.7 Å². The van der Waals surface area contributed by atoms with Crippen molar-refractivity contribution >= 4 is 27.6 Å².